The lowest BCUT2D eigenvalue weighted by atomic mass is 9.80. The quantitative estimate of drug-likeness (QED) is 0.642. The van der Waals surface area contributed by atoms with Crippen molar-refractivity contribution in [2.45, 2.75) is 31.0 Å². The van der Waals surface area contributed by atoms with Crippen LogP contribution in [-0.2, 0) is 4.79 Å². The van der Waals surface area contributed by atoms with E-state index in [2.05, 4.69) is 5.32 Å². The first-order valence-electron chi connectivity index (χ1n) is 5.07. The summed E-state index contributed by atoms with van der Waals surface area (Å²) >= 11 is 0. The Morgan fingerprint density at radius 1 is 1.38 bits per heavy atom. The van der Waals surface area contributed by atoms with Gasteiger partial charge in [0.25, 0.3) is 0 Å². The predicted octanol–water partition coefficient (Wildman–Crippen LogP) is 0.169. The van der Waals surface area contributed by atoms with Gasteiger partial charge in [-0.05, 0) is 19.3 Å². The van der Waals surface area contributed by atoms with Crippen molar-refractivity contribution in [3.8, 4) is 0 Å². The number of carbonyl (C=O) groups is 1. The third kappa shape index (κ3) is 4.80. The lowest BCUT2D eigenvalue weighted by molar-refractivity contribution is -0.129. The lowest BCUT2D eigenvalue weighted by Gasteiger charge is -2.36. The van der Waals surface area contributed by atoms with Gasteiger partial charge in [-0.25, -0.2) is 0 Å². The third-order valence-electron chi connectivity index (χ3n) is 2.51. The smallest absolute Gasteiger partial charge is 0.388 e. The lowest BCUT2D eigenvalue weighted by Crippen LogP contribution is -2.49. The van der Waals surface area contributed by atoms with Crippen molar-refractivity contribution in [1.29, 1.82) is 0 Å². The van der Waals surface area contributed by atoms with E-state index < -0.39 is 30.8 Å². The van der Waals surface area contributed by atoms with E-state index in [4.69, 9.17) is 0 Å². The molecular formula is C9H15F3N2O2. The van der Waals surface area contributed by atoms with Crippen molar-refractivity contribution in [3.05, 3.63) is 0 Å². The summed E-state index contributed by atoms with van der Waals surface area (Å²) in [5, 5.41) is 14.0. The van der Waals surface area contributed by atoms with E-state index >= 15 is 0 Å². The van der Waals surface area contributed by atoms with Gasteiger partial charge >= 0.3 is 6.18 Å². The molecular weight excluding hydrogens is 225 g/mol. The van der Waals surface area contributed by atoms with Crippen LogP contribution in [0.15, 0.2) is 0 Å². The van der Waals surface area contributed by atoms with Crippen molar-refractivity contribution in [1.82, 2.24) is 10.6 Å². The van der Waals surface area contributed by atoms with Crippen LogP contribution in [0, 0.1) is 0 Å². The number of nitrogens with one attached hydrogen (secondary N) is 2. The Balaban J connectivity index is 2.07. The number of rotatable bonds is 5. The van der Waals surface area contributed by atoms with E-state index in [9.17, 15) is 23.1 Å². The summed E-state index contributed by atoms with van der Waals surface area (Å²) in [6, 6.07) is 0. The first-order chi connectivity index (χ1) is 7.31. The summed E-state index contributed by atoms with van der Waals surface area (Å²) in [4.78, 5) is 11.1. The second-order valence-electron chi connectivity index (χ2n) is 4.07. The van der Waals surface area contributed by atoms with Crippen LogP contribution in [0.3, 0.4) is 0 Å². The van der Waals surface area contributed by atoms with E-state index in [0.717, 1.165) is 6.42 Å². The van der Waals surface area contributed by atoms with Crippen LogP contribution in [0.1, 0.15) is 19.3 Å². The molecule has 0 bridgehead atoms. The van der Waals surface area contributed by atoms with E-state index in [-0.39, 0.29) is 6.54 Å². The molecule has 1 saturated carbocycles. The molecule has 0 aromatic heterocycles. The van der Waals surface area contributed by atoms with Crippen LogP contribution < -0.4 is 10.6 Å². The van der Waals surface area contributed by atoms with E-state index in [1.54, 1.807) is 0 Å². The molecule has 3 N–H and O–H groups in total. The minimum absolute atomic E-state index is 0.111. The molecule has 1 aliphatic rings. The summed E-state index contributed by atoms with van der Waals surface area (Å²) in [6.07, 6.45) is -2.14. The third-order valence-corrected chi connectivity index (χ3v) is 2.51. The highest BCUT2D eigenvalue weighted by Crippen LogP contribution is 2.30. The van der Waals surface area contributed by atoms with Gasteiger partial charge < -0.3 is 15.7 Å². The molecule has 16 heavy (non-hydrogen) atoms. The fraction of sp³-hybridized carbons (Fsp3) is 0.889. The zero-order valence-corrected chi connectivity index (χ0v) is 8.73. The Labute approximate surface area is 91.2 Å². The molecule has 0 aliphatic heterocycles. The van der Waals surface area contributed by atoms with Crippen LogP contribution in [0.25, 0.3) is 0 Å². The van der Waals surface area contributed by atoms with Gasteiger partial charge in [-0.3, -0.25) is 4.79 Å². The number of halogens is 3. The van der Waals surface area contributed by atoms with E-state index in [1.807, 2.05) is 5.32 Å². The van der Waals surface area contributed by atoms with Gasteiger partial charge in [0.1, 0.15) is 0 Å². The van der Waals surface area contributed by atoms with Crippen LogP contribution in [0.5, 0.6) is 0 Å². The largest absolute Gasteiger partial charge is 0.401 e. The molecule has 0 spiro atoms. The Morgan fingerprint density at radius 3 is 2.44 bits per heavy atom. The first kappa shape index (κ1) is 13.2. The fourth-order valence-corrected chi connectivity index (χ4v) is 1.41. The average molecular weight is 240 g/mol. The zero-order valence-electron chi connectivity index (χ0n) is 8.73. The number of amides is 1. The molecule has 1 amide bonds. The maximum absolute atomic E-state index is 11.7. The van der Waals surface area contributed by atoms with Crippen molar-refractivity contribution >= 4 is 5.91 Å². The Bertz CT molecular complexity index is 252. The fourth-order valence-electron chi connectivity index (χ4n) is 1.41. The van der Waals surface area contributed by atoms with Gasteiger partial charge in [0, 0.05) is 6.54 Å². The molecule has 0 aromatic carbocycles. The highest BCUT2D eigenvalue weighted by Gasteiger charge is 2.34. The van der Waals surface area contributed by atoms with Crippen molar-refractivity contribution < 1.29 is 23.1 Å². The summed E-state index contributed by atoms with van der Waals surface area (Å²) in [6.45, 7) is -1.47. The SMILES string of the molecule is O=C(CNCC(F)(F)F)NCC1(O)CCC1. The number of alkyl halides is 3. The monoisotopic (exact) mass is 240 g/mol. The molecule has 94 valence electrons. The van der Waals surface area contributed by atoms with E-state index in [0.29, 0.717) is 12.8 Å². The average Bonchev–Trinajstić information content (AvgIpc) is 2.09. The molecule has 0 aromatic rings. The zero-order chi connectivity index (χ0) is 12.2. The molecule has 1 fully saturated rings. The summed E-state index contributed by atoms with van der Waals surface area (Å²) in [5.74, 6) is -0.537. The summed E-state index contributed by atoms with van der Waals surface area (Å²) in [5.41, 5.74) is -0.848. The Morgan fingerprint density at radius 2 is 2.00 bits per heavy atom. The maximum Gasteiger partial charge on any atom is 0.401 e. The maximum atomic E-state index is 11.7. The summed E-state index contributed by atoms with van der Waals surface area (Å²) < 4.78 is 35.1. The van der Waals surface area contributed by atoms with Gasteiger partial charge in [0.15, 0.2) is 0 Å². The molecule has 7 heteroatoms. The molecule has 0 heterocycles. The highest BCUT2D eigenvalue weighted by atomic mass is 19.4. The standard InChI is InChI=1S/C9H15F3N2O2/c10-9(11,12)6-13-4-7(15)14-5-8(16)2-1-3-8/h13,16H,1-6H2,(H,14,15). The summed E-state index contributed by atoms with van der Waals surface area (Å²) in [7, 11) is 0. The molecule has 0 radical (unpaired) electrons. The number of carbonyl (C=O) groups excluding carboxylic acids is 1. The second-order valence-corrected chi connectivity index (χ2v) is 4.07. The van der Waals surface area contributed by atoms with Crippen LogP contribution in [0.4, 0.5) is 13.2 Å². The predicted molar refractivity (Wildman–Crippen MR) is 50.7 cm³/mol. The second kappa shape index (κ2) is 5.01. The minimum Gasteiger partial charge on any atom is -0.388 e. The molecule has 1 aliphatic carbocycles. The molecule has 0 saturated heterocycles. The first-order valence-corrected chi connectivity index (χ1v) is 5.07. The van der Waals surface area contributed by atoms with Crippen molar-refractivity contribution in [2.75, 3.05) is 19.6 Å². The van der Waals surface area contributed by atoms with Crippen molar-refractivity contribution in [2.24, 2.45) is 0 Å². The van der Waals surface area contributed by atoms with E-state index in [1.165, 1.54) is 0 Å². The topological polar surface area (TPSA) is 61.4 Å². The van der Waals surface area contributed by atoms with Gasteiger partial charge in [0.05, 0.1) is 18.7 Å². The molecule has 4 nitrogen and oxygen atoms in total. The van der Waals surface area contributed by atoms with Crippen LogP contribution in [-0.4, -0.2) is 42.4 Å². The number of hydrogen-bond acceptors (Lipinski definition) is 3. The normalized spacial score (nSPS) is 19.0. The molecule has 0 atom stereocenters. The number of aliphatic hydroxyl groups is 1. The number of hydrogen-bond donors (Lipinski definition) is 3. The van der Waals surface area contributed by atoms with Crippen molar-refractivity contribution in [3.63, 3.8) is 0 Å². The molecule has 0 unspecified atom stereocenters. The van der Waals surface area contributed by atoms with Gasteiger partial charge in [-0.2, -0.15) is 13.2 Å². The van der Waals surface area contributed by atoms with Crippen LogP contribution in [0.2, 0.25) is 0 Å². The van der Waals surface area contributed by atoms with Gasteiger partial charge in [0.2, 0.25) is 5.91 Å². The Kier molecular flexibility index (Phi) is 4.15. The highest BCUT2D eigenvalue weighted by molar-refractivity contribution is 5.78. The minimum atomic E-state index is -4.31. The van der Waals surface area contributed by atoms with Gasteiger partial charge in [-0.15, -0.1) is 0 Å². The van der Waals surface area contributed by atoms with Gasteiger partial charge in [-0.1, -0.05) is 0 Å². The molecule has 1 rings (SSSR count). The van der Waals surface area contributed by atoms with Crippen LogP contribution >= 0.6 is 0 Å². The Hall–Kier alpha value is -0.820.